The molecular formula is C14H19ClN2S. The number of hydrogen-bond acceptors (Lipinski definition) is 3. The van der Waals surface area contributed by atoms with Gasteiger partial charge in [-0.2, -0.15) is 5.26 Å². The predicted octanol–water partition coefficient (Wildman–Crippen LogP) is 4.10. The Bertz CT molecular complexity index is 430. The van der Waals surface area contributed by atoms with E-state index in [1.165, 1.54) is 0 Å². The van der Waals surface area contributed by atoms with Crippen LogP contribution < -0.4 is 5.32 Å². The summed E-state index contributed by atoms with van der Waals surface area (Å²) in [5.41, 5.74) is -0.459. The topological polar surface area (TPSA) is 35.8 Å². The third-order valence-electron chi connectivity index (χ3n) is 2.64. The fraction of sp³-hybridized carbons (Fsp3) is 0.500. The van der Waals surface area contributed by atoms with E-state index in [1.54, 1.807) is 11.8 Å². The molecule has 0 amide bonds. The molecule has 0 saturated carbocycles. The van der Waals surface area contributed by atoms with Crippen LogP contribution >= 0.6 is 23.4 Å². The molecule has 0 aliphatic rings. The molecule has 0 spiro atoms. The van der Waals surface area contributed by atoms with Crippen LogP contribution in [0.1, 0.15) is 27.2 Å². The zero-order chi connectivity index (χ0) is 13.6. The summed E-state index contributed by atoms with van der Waals surface area (Å²) in [5.74, 6) is 0. The highest BCUT2D eigenvalue weighted by Gasteiger charge is 2.25. The van der Waals surface area contributed by atoms with Crippen molar-refractivity contribution in [2.75, 3.05) is 6.54 Å². The third-order valence-corrected chi connectivity index (χ3v) is 3.97. The molecule has 0 aliphatic carbocycles. The molecule has 98 valence electrons. The highest BCUT2D eigenvalue weighted by atomic mass is 35.5. The monoisotopic (exact) mass is 282 g/mol. The SMILES string of the molecule is CCNC(C)(C#N)CC(C)Sc1cccc(Cl)c1. The highest BCUT2D eigenvalue weighted by molar-refractivity contribution is 8.00. The molecule has 1 aromatic carbocycles. The standard InChI is InChI=1S/C14H19ClN2S/c1-4-17-14(3,10-16)9-11(2)18-13-7-5-6-12(15)8-13/h5-8,11,17H,4,9H2,1-3H3. The molecule has 0 bridgehead atoms. The molecule has 4 heteroatoms. The van der Waals surface area contributed by atoms with Gasteiger partial charge in [0.05, 0.1) is 6.07 Å². The van der Waals surface area contributed by atoms with Crippen molar-refractivity contribution in [3.63, 3.8) is 0 Å². The fourth-order valence-corrected chi connectivity index (χ4v) is 3.43. The maximum Gasteiger partial charge on any atom is 0.104 e. The second-order valence-corrected chi connectivity index (χ2v) is 6.51. The maximum absolute atomic E-state index is 9.23. The summed E-state index contributed by atoms with van der Waals surface area (Å²) < 4.78 is 0. The largest absolute Gasteiger partial charge is 0.300 e. The molecule has 1 rings (SSSR count). The first-order valence-electron chi connectivity index (χ1n) is 6.07. The van der Waals surface area contributed by atoms with E-state index in [-0.39, 0.29) is 0 Å². The molecule has 2 unspecified atom stereocenters. The molecule has 0 fully saturated rings. The minimum Gasteiger partial charge on any atom is -0.300 e. The smallest absolute Gasteiger partial charge is 0.104 e. The number of nitrogens with one attached hydrogen (secondary N) is 1. The summed E-state index contributed by atoms with van der Waals surface area (Å²) in [6, 6.07) is 10.2. The Balaban J connectivity index is 2.61. The first-order chi connectivity index (χ1) is 8.49. The zero-order valence-electron chi connectivity index (χ0n) is 11.0. The van der Waals surface area contributed by atoms with E-state index >= 15 is 0 Å². The van der Waals surface area contributed by atoms with Gasteiger partial charge in [0.15, 0.2) is 0 Å². The number of rotatable bonds is 6. The maximum atomic E-state index is 9.23. The van der Waals surface area contributed by atoms with Gasteiger partial charge in [0.25, 0.3) is 0 Å². The van der Waals surface area contributed by atoms with E-state index < -0.39 is 5.54 Å². The van der Waals surface area contributed by atoms with Gasteiger partial charge >= 0.3 is 0 Å². The van der Waals surface area contributed by atoms with Gasteiger partial charge in [0.2, 0.25) is 0 Å². The molecule has 0 radical (unpaired) electrons. The summed E-state index contributed by atoms with van der Waals surface area (Å²) >= 11 is 7.71. The molecule has 1 N–H and O–H groups in total. The molecule has 0 aliphatic heterocycles. The van der Waals surface area contributed by atoms with Crippen molar-refractivity contribution < 1.29 is 0 Å². The van der Waals surface area contributed by atoms with Gasteiger partial charge in [-0.05, 0) is 38.1 Å². The van der Waals surface area contributed by atoms with Crippen molar-refractivity contribution in [2.24, 2.45) is 0 Å². The zero-order valence-corrected chi connectivity index (χ0v) is 12.6. The number of hydrogen-bond donors (Lipinski definition) is 1. The van der Waals surface area contributed by atoms with Crippen molar-refractivity contribution in [1.29, 1.82) is 5.26 Å². The Morgan fingerprint density at radius 3 is 2.83 bits per heavy atom. The summed E-state index contributed by atoms with van der Waals surface area (Å²) in [4.78, 5) is 1.15. The Hall–Kier alpha value is -0.690. The van der Waals surface area contributed by atoms with Gasteiger partial charge in [0, 0.05) is 15.2 Å². The van der Waals surface area contributed by atoms with Crippen LogP contribution in [-0.4, -0.2) is 17.3 Å². The minimum absolute atomic E-state index is 0.354. The lowest BCUT2D eigenvalue weighted by Gasteiger charge is -2.25. The van der Waals surface area contributed by atoms with E-state index in [0.717, 1.165) is 22.9 Å². The molecule has 1 aromatic rings. The summed E-state index contributed by atoms with van der Waals surface area (Å²) in [7, 11) is 0. The number of benzene rings is 1. The van der Waals surface area contributed by atoms with Crippen molar-refractivity contribution in [2.45, 2.75) is 42.9 Å². The van der Waals surface area contributed by atoms with E-state index in [2.05, 4.69) is 18.3 Å². The van der Waals surface area contributed by atoms with E-state index in [0.29, 0.717) is 5.25 Å². The molecule has 2 nitrogen and oxygen atoms in total. The average molecular weight is 283 g/mol. The second-order valence-electron chi connectivity index (χ2n) is 4.56. The predicted molar refractivity (Wildman–Crippen MR) is 79.1 cm³/mol. The van der Waals surface area contributed by atoms with Gasteiger partial charge in [-0.1, -0.05) is 31.5 Å². The summed E-state index contributed by atoms with van der Waals surface area (Å²) in [6.45, 7) is 6.91. The molecule has 18 heavy (non-hydrogen) atoms. The van der Waals surface area contributed by atoms with E-state index in [4.69, 9.17) is 11.6 Å². The van der Waals surface area contributed by atoms with Gasteiger partial charge in [-0.3, -0.25) is 5.32 Å². The second kappa shape index (κ2) is 7.04. The number of halogens is 1. The van der Waals surface area contributed by atoms with Crippen LogP contribution in [-0.2, 0) is 0 Å². The summed E-state index contributed by atoms with van der Waals surface area (Å²) in [6.07, 6.45) is 0.800. The van der Waals surface area contributed by atoms with Gasteiger partial charge < -0.3 is 0 Å². The number of nitriles is 1. The Morgan fingerprint density at radius 1 is 1.56 bits per heavy atom. The van der Waals surface area contributed by atoms with Crippen LogP contribution in [0.2, 0.25) is 5.02 Å². The Kier molecular flexibility index (Phi) is 6.01. The van der Waals surface area contributed by atoms with Crippen LogP contribution in [0.25, 0.3) is 0 Å². The van der Waals surface area contributed by atoms with Crippen LogP contribution in [0, 0.1) is 11.3 Å². The Morgan fingerprint density at radius 2 is 2.28 bits per heavy atom. The molecule has 2 atom stereocenters. The minimum atomic E-state index is -0.459. The lowest BCUT2D eigenvalue weighted by atomic mass is 9.98. The van der Waals surface area contributed by atoms with Crippen LogP contribution in [0.5, 0.6) is 0 Å². The molecule has 0 aromatic heterocycles. The van der Waals surface area contributed by atoms with Crippen LogP contribution in [0.3, 0.4) is 0 Å². The molecule has 0 heterocycles. The van der Waals surface area contributed by atoms with Gasteiger partial charge in [-0.25, -0.2) is 0 Å². The average Bonchev–Trinajstić information content (AvgIpc) is 2.29. The van der Waals surface area contributed by atoms with E-state index in [1.807, 2.05) is 38.1 Å². The fourth-order valence-electron chi connectivity index (χ4n) is 1.94. The van der Waals surface area contributed by atoms with Gasteiger partial charge in [0.1, 0.15) is 5.54 Å². The van der Waals surface area contributed by atoms with Crippen molar-refractivity contribution >= 4 is 23.4 Å². The summed E-state index contributed by atoms with van der Waals surface area (Å²) in [5, 5.41) is 13.6. The van der Waals surface area contributed by atoms with Crippen molar-refractivity contribution in [3.05, 3.63) is 29.3 Å². The molecule has 0 saturated heterocycles. The highest BCUT2D eigenvalue weighted by Crippen LogP contribution is 2.29. The van der Waals surface area contributed by atoms with Crippen molar-refractivity contribution in [3.8, 4) is 6.07 Å². The first kappa shape index (κ1) is 15.4. The van der Waals surface area contributed by atoms with E-state index in [9.17, 15) is 5.26 Å². The lowest BCUT2D eigenvalue weighted by molar-refractivity contribution is 0.429. The normalized spacial score (nSPS) is 15.7. The van der Waals surface area contributed by atoms with Crippen LogP contribution in [0.4, 0.5) is 0 Å². The Labute approximate surface area is 119 Å². The lowest BCUT2D eigenvalue weighted by Crippen LogP contribution is -2.42. The third kappa shape index (κ3) is 4.89. The van der Waals surface area contributed by atoms with Crippen molar-refractivity contribution in [1.82, 2.24) is 5.32 Å². The van der Waals surface area contributed by atoms with Gasteiger partial charge in [-0.15, -0.1) is 11.8 Å². The number of thioether (sulfide) groups is 1. The first-order valence-corrected chi connectivity index (χ1v) is 7.33. The molecular weight excluding hydrogens is 264 g/mol. The number of nitrogens with zero attached hydrogens (tertiary/aromatic N) is 1. The van der Waals surface area contributed by atoms with Crippen LogP contribution in [0.15, 0.2) is 29.2 Å². The quantitative estimate of drug-likeness (QED) is 0.798.